The van der Waals surface area contributed by atoms with Crippen molar-refractivity contribution in [2.24, 2.45) is 0 Å². The van der Waals surface area contributed by atoms with Gasteiger partial charge in [0.1, 0.15) is 11.8 Å². The van der Waals surface area contributed by atoms with E-state index in [1.54, 1.807) is 0 Å². The van der Waals surface area contributed by atoms with Gasteiger partial charge in [-0.2, -0.15) is 0 Å². The third-order valence-electron chi connectivity index (χ3n) is 7.60. The summed E-state index contributed by atoms with van der Waals surface area (Å²) >= 11 is 0. The van der Waals surface area contributed by atoms with E-state index >= 15 is 0 Å². The third-order valence-corrected chi connectivity index (χ3v) is 7.60. The van der Waals surface area contributed by atoms with Crippen molar-refractivity contribution in [3.05, 3.63) is 80.9 Å². The Morgan fingerprint density at radius 3 is 2.58 bits per heavy atom. The Bertz CT molecular complexity index is 1510. The Morgan fingerprint density at radius 1 is 1.15 bits per heavy atom. The van der Waals surface area contributed by atoms with Gasteiger partial charge in [-0.3, -0.25) is 9.69 Å². The molecule has 3 heterocycles. The van der Waals surface area contributed by atoms with Crippen molar-refractivity contribution in [2.45, 2.75) is 78.6 Å². The molecule has 1 fully saturated rings. The van der Waals surface area contributed by atoms with Gasteiger partial charge in [-0.25, -0.2) is 4.68 Å². The molecule has 9 heteroatoms. The van der Waals surface area contributed by atoms with Crippen LogP contribution in [0.15, 0.2) is 47.3 Å². The molecule has 0 saturated carbocycles. The standard InChI is InChI=1S/C31H40N6O3/c1-7-39-24-12-10-22(11-13-24)18-36(19-25-9-8-14-40-25)28(29-33-34-35-37(29)31(4,5)6)26-17-23-15-20(2)21(3)16-27(23)32-30(26)38/h10-13,15-17,25,28H,7-9,14,18-19H2,1-6H3,(H,32,38)/t25-,28+/m1/s1. The first-order chi connectivity index (χ1) is 19.1. The van der Waals surface area contributed by atoms with Crippen LogP contribution in [-0.4, -0.2) is 56.0 Å². The molecule has 2 aromatic heterocycles. The second-order valence-corrected chi connectivity index (χ2v) is 11.7. The summed E-state index contributed by atoms with van der Waals surface area (Å²) in [5.41, 5.74) is 4.32. The average molecular weight is 545 g/mol. The lowest BCUT2D eigenvalue weighted by molar-refractivity contribution is 0.0564. The van der Waals surface area contributed by atoms with E-state index in [-0.39, 0.29) is 17.2 Å². The smallest absolute Gasteiger partial charge is 0.253 e. The number of tetrazole rings is 1. The Labute approximate surface area is 235 Å². The maximum absolute atomic E-state index is 13.8. The lowest BCUT2D eigenvalue weighted by Gasteiger charge is -2.34. The highest BCUT2D eigenvalue weighted by Crippen LogP contribution is 2.32. The normalized spacial score (nSPS) is 16.6. The summed E-state index contributed by atoms with van der Waals surface area (Å²) in [6.07, 6.45) is 2.07. The number of nitrogens with one attached hydrogen (secondary N) is 1. The van der Waals surface area contributed by atoms with Crippen molar-refractivity contribution < 1.29 is 9.47 Å². The van der Waals surface area contributed by atoms with Crippen molar-refractivity contribution in [2.75, 3.05) is 19.8 Å². The van der Waals surface area contributed by atoms with Crippen LogP contribution in [-0.2, 0) is 16.8 Å². The van der Waals surface area contributed by atoms with Gasteiger partial charge >= 0.3 is 0 Å². The van der Waals surface area contributed by atoms with Crippen LogP contribution in [0.5, 0.6) is 5.75 Å². The molecule has 1 N–H and O–H groups in total. The number of benzene rings is 2. The SMILES string of the molecule is CCOc1ccc(CN(C[C@H]2CCCO2)[C@@H](c2cc3cc(C)c(C)cc3[nH]c2=O)c2nnnn2C(C)(C)C)cc1. The monoisotopic (exact) mass is 544 g/mol. The molecular weight excluding hydrogens is 504 g/mol. The second-order valence-electron chi connectivity index (χ2n) is 11.7. The number of nitrogens with zero attached hydrogens (tertiary/aromatic N) is 5. The van der Waals surface area contributed by atoms with E-state index in [0.717, 1.165) is 47.2 Å². The Morgan fingerprint density at radius 2 is 1.90 bits per heavy atom. The maximum atomic E-state index is 13.8. The zero-order valence-corrected chi connectivity index (χ0v) is 24.4. The van der Waals surface area contributed by atoms with Crippen LogP contribution in [0.4, 0.5) is 0 Å². The van der Waals surface area contributed by atoms with E-state index < -0.39 is 6.04 Å². The number of ether oxygens (including phenoxy) is 2. The molecule has 5 rings (SSSR count). The minimum absolute atomic E-state index is 0.0635. The molecule has 40 heavy (non-hydrogen) atoms. The van der Waals surface area contributed by atoms with E-state index in [1.165, 1.54) is 5.56 Å². The fraction of sp³-hybridized carbons (Fsp3) is 0.484. The zero-order valence-electron chi connectivity index (χ0n) is 24.4. The molecule has 2 aromatic carbocycles. The van der Waals surface area contributed by atoms with E-state index in [4.69, 9.17) is 9.47 Å². The molecule has 0 spiro atoms. The Hall–Kier alpha value is -3.56. The number of fused-ring (bicyclic) bond motifs is 1. The van der Waals surface area contributed by atoms with Gasteiger partial charge in [0.25, 0.3) is 5.56 Å². The van der Waals surface area contributed by atoms with Gasteiger partial charge in [-0.15, -0.1) is 5.10 Å². The molecule has 1 saturated heterocycles. The number of hydrogen-bond acceptors (Lipinski definition) is 7. The van der Waals surface area contributed by atoms with E-state index in [2.05, 4.69) is 78.2 Å². The Kier molecular flexibility index (Phi) is 8.05. The molecule has 2 atom stereocenters. The number of H-pyrrole nitrogens is 1. The lowest BCUT2D eigenvalue weighted by atomic mass is 9.99. The molecule has 9 nitrogen and oxygen atoms in total. The summed E-state index contributed by atoms with van der Waals surface area (Å²) in [6, 6.07) is 13.8. The number of pyridine rings is 1. The van der Waals surface area contributed by atoms with Crippen LogP contribution in [0.3, 0.4) is 0 Å². The molecule has 0 aliphatic carbocycles. The Balaban J connectivity index is 1.67. The first-order valence-corrected chi connectivity index (χ1v) is 14.1. The first kappa shape index (κ1) is 28.0. The van der Waals surface area contributed by atoms with Gasteiger partial charge in [0.15, 0.2) is 5.82 Å². The van der Waals surface area contributed by atoms with Gasteiger partial charge < -0.3 is 14.5 Å². The highest BCUT2D eigenvalue weighted by Gasteiger charge is 2.35. The number of aryl methyl sites for hydroxylation is 2. The molecule has 1 aliphatic rings. The highest BCUT2D eigenvalue weighted by molar-refractivity contribution is 5.81. The highest BCUT2D eigenvalue weighted by atomic mass is 16.5. The first-order valence-electron chi connectivity index (χ1n) is 14.1. The largest absolute Gasteiger partial charge is 0.494 e. The van der Waals surface area contributed by atoms with Gasteiger partial charge in [0, 0.05) is 30.8 Å². The van der Waals surface area contributed by atoms with Gasteiger partial charge in [0.05, 0.1) is 18.2 Å². The summed E-state index contributed by atoms with van der Waals surface area (Å²) in [4.78, 5) is 19.3. The summed E-state index contributed by atoms with van der Waals surface area (Å²) < 4.78 is 13.6. The molecule has 212 valence electrons. The topological polar surface area (TPSA) is 98.2 Å². The number of aromatic amines is 1. The molecular formula is C31H40N6O3. The van der Waals surface area contributed by atoms with Crippen molar-refractivity contribution in [1.29, 1.82) is 0 Å². The van der Waals surface area contributed by atoms with Crippen LogP contribution in [0.25, 0.3) is 10.9 Å². The molecule has 0 amide bonds. The van der Waals surface area contributed by atoms with Gasteiger partial charge in [-0.05, 0) is 117 Å². The summed E-state index contributed by atoms with van der Waals surface area (Å²) in [7, 11) is 0. The quantitative estimate of drug-likeness (QED) is 0.315. The molecule has 4 aromatic rings. The van der Waals surface area contributed by atoms with Crippen LogP contribution in [0.2, 0.25) is 0 Å². The summed E-state index contributed by atoms with van der Waals surface area (Å²) in [5, 5.41) is 14.0. The van der Waals surface area contributed by atoms with Crippen LogP contribution in [0, 0.1) is 13.8 Å². The average Bonchev–Trinajstić information content (AvgIpc) is 3.60. The number of hydrogen-bond donors (Lipinski definition) is 1. The van der Waals surface area contributed by atoms with Crippen LogP contribution < -0.4 is 10.3 Å². The number of rotatable bonds is 9. The molecule has 0 bridgehead atoms. The second kappa shape index (κ2) is 11.5. The van der Waals surface area contributed by atoms with Gasteiger partial charge in [0.2, 0.25) is 0 Å². The third kappa shape index (κ3) is 5.95. The minimum atomic E-state index is -0.500. The van der Waals surface area contributed by atoms with Crippen molar-refractivity contribution in [3.8, 4) is 5.75 Å². The van der Waals surface area contributed by atoms with Crippen molar-refractivity contribution in [3.63, 3.8) is 0 Å². The van der Waals surface area contributed by atoms with E-state index in [0.29, 0.717) is 31.1 Å². The summed E-state index contributed by atoms with van der Waals surface area (Å²) in [5.74, 6) is 1.46. The molecule has 0 radical (unpaired) electrons. The predicted octanol–water partition coefficient (Wildman–Crippen LogP) is 5.06. The fourth-order valence-corrected chi connectivity index (χ4v) is 5.44. The predicted molar refractivity (Wildman–Crippen MR) is 156 cm³/mol. The van der Waals surface area contributed by atoms with Crippen LogP contribution in [0.1, 0.15) is 74.7 Å². The fourth-order valence-electron chi connectivity index (χ4n) is 5.44. The zero-order chi connectivity index (χ0) is 28.4. The molecule has 1 aliphatic heterocycles. The summed E-state index contributed by atoms with van der Waals surface area (Å²) in [6.45, 7) is 14.9. The van der Waals surface area contributed by atoms with Crippen molar-refractivity contribution in [1.82, 2.24) is 30.1 Å². The van der Waals surface area contributed by atoms with E-state index in [9.17, 15) is 4.79 Å². The van der Waals surface area contributed by atoms with Crippen molar-refractivity contribution >= 4 is 10.9 Å². The number of aromatic nitrogens is 5. The van der Waals surface area contributed by atoms with E-state index in [1.807, 2.05) is 35.9 Å². The van der Waals surface area contributed by atoms with Gasteiger partial charge in [-0.1, -0.05) is 12.1 Å². The molecule has 0 unspecified atom stereocenters. The minimum Gasteiger partial charge on any atom is -0.494 e. The maximum Gasteiger partial charge on any atom is 0.253 e. The van der Waals surface area contributed by atoms with Crippen LogP contribution >= 0.6 is 0 Å². The lowest BCUT2D eigenvalue weighted by Crippen LogP contribution is -2.40.